The Morgan fingerprint density at radius 3 is 2.69 bits per heavy atom. The maximum absolute atomic E-state index is 5.40. The highest BCUT2D eigenvalue weighted by Gasteiger charge is 2.07. The summed E-state index contributed by atoms with van der Waals surface area (Å²) in [6.07, 6.45) is 2.16. The summed E-state index contributed by atoms with van der Waals surface area (Å²) in [5.74, 6) is 3.35. The molecule has 7 heteroatoms. The largest absolute Gasteiger partial charge is 0.496 e. The van der Waals surface area contributed by atoms with Crippen LogP contribution in [0.5, 0.6) is 5.75 Å². The molecule has 150 valence electrons. The van der Waals surface area contributed by atoms with Gasteiger partial charge in [-0.1, -0.05) is 19.1 Å². The highest BCUT2D eigenvalue weighted by Crippen LogP contribution is 2.29. The first-order valence-corrected chi connectivity index (χ1v) is 9.97. The molecular formula is C19H34IN3O2S. The molecule has 2 N–H and O–H groups in total. The van der Waals surface area contributed by atoms with Gasteiger partial charge in [-0.2, -0.15) is 0 Å². The summed E-state index contributed by atoms with van der Waals surface area (Å²) in [5.41, 5.74) is 0. The van der Waals surface area contributed by atoms with Crippen LogP contribution in [0.3, 0.4) is 0 Å². The Bertz CT molecular complexity index is 503. The lowest BCUT2D eigenvalue weighted by molar-refractivity contribution is 0.143. The van der Waals surface area contributed by atoms with E-state index in [1.54, 1.807) is 7.11 Å². The second kappa shape index (κ2) is 16.5. The Hall–Kier alpha value is -0.670. The van der Waals surface area contributed by atoms with E-state index in [1.807, 2.05) is 43.9 Å². The predicted molar refractivity (Wildman–Crippen MR) is 123 cm³/mol. The first-order chi connectivity index (χ1) is 12.2. The van der Waals surface area contributed by atoms with Gasteiger partial charge in [0.05, 0.1) is 7.11 Å². The number of nitrogens with one attached hydrogen (secondary N) is 2. The molecule has 0 fully saturated rings. The predicted octanol–water partition coefficient (Wildman–Crippen LogP) is 4.02. The fourth-order valence-electron chi connectivity index (χ4n) is 2.20. The molecule has 1 aromatic carbocycles. The van der Waals surface area contributed by atoms with Gasteiger partial charge in [0, 0.05) is 44.0 Å². The van der Waals surface area contributed by atoms with Gasteiger partial charge in [0.25, 0.3) is 0 Å². The quantitative estimate of drug-likeness (QED) is 0.151. The van der Waals surface area contributed by atoms with Gasteiger partial charge in [0.1, 0.15) is 5.75 Å². The Labute approximate surface area is 180 Å². The van der Waals surface area contributed by atoms with Crippen molar-refractivity contribution in [3.8, 4) is 5.75 Å². The number of guanidine groups is 1. The average Bonchev–Trinajstić information content (AvgIpc) is 2.65. The maximum Gasteiger partial charge on any atom is 0.190 e. The lowest BCUT2D eigenvalue weighted by atomic mass is 10.2. The van der Waals surface area contributed by atoms with Crippen molar-refractivity contribution >= 4 is 41.7 Å². The monoisotopic (exact) mass is 495 g/mol. The minimum Gasteiger partial charge on any atom is -0.496 e. The molecule has 0 bridgehead atoms. The number of hydrogen-bond donors (Lipinski definition) is 2. The standard InChI is InChI=1S/C19H33N3O2S.HI/c1-5-24-13-9-8-12-21-19(20-3)22-14-16(2)15-25-18-11-7-6-10-17(18)23-4;/h6-7,10-11,16H,5,8-9,12-15H2,1-4H3,(H2,20,21,22);1H. The van der Waals surface area contributed by atoms with Gasteiger partial charge in [-0.15, -0.1) is 35.7 Å². The lowest BCUT2D eigenvalue weighted by Gasteiger charge is -2.16. The summed E-state index contributed by atoms with van der Waals surface area (Å²) in [5, 5.41) is 6.75. The Kier molecular flexibility index (Phi) is 16.1. The molecule has 0 radical (unpaired) electrons. The van der Waals surface area contributed by atoms with Gasteiger partial charge >= 0.3 is 0 Å². The highest BCUT2D eigenvalue weighted by molar-refractivity contribution is 14.0. The molecule has 0 aliphatic heterocycles. The molecule has 0 heterocycles. The molecule has 1 aromatic rings. The number of benzene rings is 1. The van der Waals surface area contributed by atoms with E-state index in [1.165, 1.54) is 4.90 Å². The minimum absolute atomic E-state index is 0. The molecule has 0 aliphatic carbocycles. The van der Waals surface area contributed by atoms with Crippen LogP contribution in [0.2, 0.25) is 0 Å². The van der Waals surface area contributed by atoms with Crippen molar-refractivity contribution in [2.24, 2.45) is 10.9 Å². The summed E-state index contributed by atoms with van der Waals surface area (Å²) in [4.78, 5) is 5.46. The number of ether oxygens (including phenoxy) is 2. The topological polar surface area (TPSA) is 54.9 Å². The van der Waals surface area contributed by atoms with E-state index in [-0.39, 0.29) is 24.0 Å². The zero-order chi connectivity index (χ0) is 18.3. The summed E-state index contributed by atoms with van der Waals surface area (Å²) in [6.45, 7) is 7.70. The number of thioether (sulfide) groups is 1. The molecule has 0 spiro atoms. The lowest BCUT2D eigenvalue weighted by Crippen LogP contribution is -2.40. The van der Waals surface area contributed by atoms with Crippen LogP contribution in [-0.2, 0) is 4.74 Å². The number of methoxy groups -OCH3 is 1. The smallest absolute Gasteiger partial charge is 0.190 e. The van der Waals surface area contributed by atoms with Crippen LogP contribution in [0, 0.1) is 5.92 Å². The zero-order valence-electron chi connectivity index (χ0n) is 16.4. The third-order valence-electron chi connectivity index (χ3n) is 3.65. The van der Waals surface area contributed by atoms with Crippen LogP contribution < -0.4 is 15.4 Å². The Morgan fingerprint density at radius 2 is 2.00 bits per heavy atom. The van der Waals surface area contributed by atoms with Gasteiger partial charge in [0.15, 0.2) is 5.96 Å². The molecule has 0 saturated heterocycles. The fourth-order valence-corrected chi connectivity index (χ4v) is 3.25. The van der Waals surface area contributed by atoms with E-state index in [2.05, 4.69) is 28.6 Å². The summed E-state index contributed by atoms with van der Waals surface area (Å²) < 4.78 is 10.7. The summed E-state index contributed by atoms with van der Waals surface area (Å²) in [6, 6.07) is 8.15. The normalized spacial score (nSPS) is 12.2. The number of hydrogen-bond acceptors (Lipinski definition) is 4. The van der Waals surface area contributed by atoms with Crippen LogP contribution in [0.25, 0.3) is 0 Å². The Balaban J connectivity index is 0.00000625. The van der Waals surface area contributed by atoms with Gasteiger partial charge < -0.3 is 20.1 Å². The SMILES string of the molecule is CCOCCCCNC(=NC)NCC(C)CSc1ccccc1OC.I. The number of unbranched alkanes of at least 4 members (excludes halogenated alkanes) is 1. The Morgan fingerprint density at radius 1 is 1.23 bits per heavy atom. The zero-order valence-corrected chi connectivity index (χ0v) is 19.6. The maximum atomic E-state index is 5.40. The molecular weight excluding hydrogens is 461 g/mol. The molecule has 0 amide bonds. The number of halogens is 1. The molecule has 0 aliphatic rings. The number of para-hydroxylation sites is 1. The van der Waals surface area contributed by atoms with Gasteiger partial charge in [0.2, 0.25) is 0 Å². The summed E-state index contributed by atoms with van der Waals surface area (Å²) in [7, 11) is 3.53. The first kappa shape index (κ1) is 25.3. The van der Waals surface area contributed by atoms with Crippen molar-refractivity contribution in [2.45, 2.75) is 31.6 Å². The second-order valence-corrected chi connectivity index (χ2v) is 6.91. The van der Waals surface area contributed by atoms with E-state index in [4.69, 9.17) is 9.47 Å². The fraction of sp³-hybridized carbons (Fsp3) is 0.632. The van der Waals surface area contributed by atoms with Crippen LogP contribution in [0.15, 0.2) is 34.2 Å². The van der Waals surface area contributed by atoms with Crippen molar-refractivity contribution in [2.75, 3.05) is 46.2 Å². The van der Waals surface area contributed by atoms with Gasteiger partial charge in [-0.05, 0) is 37.8 Å². The third-order valence-corrected chi connectivity index (χ3v) is 5.03. The molecule has 0 aromatic heterocycles. The second-order valence-electron chi connectivity index (χ2n) is 5.85. The van der Waals surface area contributed by atoms with E-state index in [9.17, 15) is 0 Å². The minimum atomic E-state index is 0. The van der Waals surface area contributed by atoms with E-state index < -0.39 is 0 Å². The van der Waals surface area contributed by atoms with Gasteiger partial charge in [-0.3, -0.25) is 4.99 Å². The highest BCUT2D eigenvalue weighted by atomic mass is 127. The van der Waals surface area contributed by atoms with Crippen molar-refractivity contribution in [3.63, 3.8) is 0 Å². The number of rotatable bonds is 12. The first-order valence-electron chi connectivity index (χ1n) is 8.99. The van der Waals surface area contributed by atoms with Crippen molar-refractivity contribution in [1.29, 1.82) is 0 Å². The van der Waals surface area contributed by atoms with E-state index >= 15 is 0 Å². The molecule has 0 saturated carbocycles. The van der Waals surface area contributed by atoms with Gasteiger partial charge in [-0.25, -0.2) is 0 Å². The molecule has 5 nitrogen and oxygen atoms in total. The van der Waals surface area contributed by atoms with Crippen LogP contribution in [0.4, 0.5) is 0 Å². The van der Waals surface area contributed by atoms with Crippen molar-refractivity contribution < 1.29 is 9.47 Å². The number of aliphatic imine (C=N–C) groups is 1. The third kappa shape index (κ3) is 11.1. The van der Waals surface area contributed by atoms with Crippen LogP contribution in [-0.4, -0.2) is 52.2 Å². The molecule has 26 heavy (non-hydrogen) atoms. The van der Waals surface area contributed by atoms with Crippen LogP contribution in [0.1, 0.15) is 26.7 Å². The van der Waals surface area contributed by atoms with Crippen molar-refractivity contribution in [1.82, 2.24) is 10.6 Å². The van der Waals surface area contributed by atoms with Crippen LogP contribution >= 0.6 is 35.7 Å². The molecule has 1 atom stereocenters. The average molecular weight is 495 g/mol. The van der Waals surface area contributed by atoms with Crippen molar-refractivity contribution in [3.05, 3.63) is 24.3 Å². The van der Waals surface area contributed by atoms with E-state index in [0.29, 0.717) is 5.92 Å². The summed E-state index contributed by atoms with van der Waals surface area (Å²) >= 11 is 1.83. The molecule has 1 rings (SSSR count). The molecule has 1 unspecified atom stereocenters. The number of nitrogens with zero attached hydrogens (tertiary/aromatic N) is 1. The van der Waals surface area contributed by atoms with E-state index in [0.717, 1.165) is 56.6 Å².